The lowest BCUT2D eigenvalue weighted by molar-refractivity contribution is -0.385. The topological polar surface area (TPSA) is 77.3 Å². The molecule has 0 atom stereocenters. The van der Waals surface area contributed by atoms with Gasteiger partial charge in [0.1, 0.15) is 0 Å². The molecular formula is C13H15N3O3S. The van der Waals surface area contributed by atoms with Crippen molar-refractivity contribution in [1.29, 1.82) is 0 Å². The first kappa shape index (κ1) is 14.3. The number of ether oxygens (including phenoxy) is 1. The minimum atomic E-state index is -0.433. The highest BCUT2D eigenvalue weighted by Crippen LogP contribution is 2.30. The molecule has 0 saturated carbocycles. The number of nitrogens with zero attached hydrogens (tertiary/aromatic N) is 2. The van der Waals surface area contributed by atoms with Crippen LogP contribution in [0.4, 0.5) is 11.4 Å². The van der Waals surface area contributed by atoms with Gasteiger partial charge in [0, 0.05) is 28.9 Å². The van der Waals surface area contributed by atoms with Crippen LogP contribution in [0.15, 0.2) is 29.9 Å². The zero-order valence-electron chi connectivity index (χ0n) is 11.0. The molecule has 0 bridgehead atoms. The molecule has 0 radical (unpaired) electrons. The average molecular weight is 293 g/mol. The Hall–Kier alpha value is -2.15. The molecule has 106 valence electrons. The predicted molar refractivity (Wildman–Crippen MR) is 78.3 cm³/mol. The average Bonchev–Trinajstić information content (AvgIpc) is 2.96. The molecule has 2 aromatic rings. The van der Waals surface area contributed by atoms with E-state index < -0.39 is 4.92 Å². The highest BCUT2D eigenvalue weighted by atomic mass is 32.1. The van der Waals surface area contributed by atoms with E-state index in [2.05, 4.69) is 10.3 Å². The number of nitrogens with one attached hydrogen (secondary N) is 1. The number of nitro groups is 1. The summed E-state index contributed by atoms with van der Waals surface area (Å²) in [5.74, 6) is 0.297. The van der Waals surface area contributed by atoms with Crippen LogP contribution in [0.25, 0.3) is 0 Å². The van der Waals surface area contributed by atoms with E-state index in [1.54, 1.807) is 35.2 Å². The first-order valence-corrected chi connectivity index (χ1v) is 7.11. The third-order valence-electron chi connectivity index (χ3n) is 2.57. The number of nitro benzene ring substituents is 1. The van der Waals surface area contributed by atoms with Crippen LogP contribution >= 0.6 is 11.3 Å². The fraction of sp³-hybridized carbons (Fsp3) is 0.308. The molecule has 20 heavy (non-hydrogen) atoms. The van der Waals surface area contributed by atoms with Crippen LogP contribution in [0.2, 0.25) is 0 Å². The Labute approximate surface area is 120 Å². The normalized spacial score (nSPS) is 10.2. The number of hydrogen-bond acceptors (Lipinski definition) is 6. The number of thiazole rings is 1. The summed E-state index contributed by atoms with van der Waals surface area (Å²) >= 11 is 1.56. The van der Waals surface area contributed by atoms with E-state index in [0.29, 0.717) is 18.9 Å². The summed E-state index contributed by atoms with van der Waals surface area (Å²) in [4.78, 5) is 15.6. The molecule has 1 N–H and O–H groups in total. The summed E-state index contributed by atoms with van der Waals surface area (Å²) < 4.78 is 5.43. The van der Waals surface area contributed by atoms with Gasteiger partial charge in [-0.3, -0.25) is 15.1 Å². The van der Waals surface area contributed by atoms with Gasteiger partial charge in [-0.05, 0) is 12.5 Å². The lowest BCUT2D eigenvalue weighted by Gasteiger charge is -2.09. The number of benzene rings is 1. The number of aromatic nitrogens is 1. The fourth-order valence-corrected chi connectivity index (χ4v) is 2.16. The smallest absolute Gasteiger partial charge is 0.311 e. The van der Waals surface area contributed by atoms with Gasteiger partial charge in [-0.2, -0.15) is 0 Å². The van der Waals surface area contributed by atoms with Gasteiger partial charge in [0.2, 0.25) is 0 Å². The molecule has 0 saturated heterocycles. The molecule has 1 aromatic carbocycles. The summed E-state index contributed by atoms with van der Waals surface area (Å²) in [7, 11) is 0. The van der Waals surface area contributed by atoms with E-state index >= 15 is 0 Å². The van der Waals surface area contributed by atoms with E-state index in [-0.39, 0.29) is 5.69 Å². The first-order chi connectivity index (χ1) is 9.70. The largest absolute Gasteiger partial charge is 0.487 e. The molecule has 0 amide bonds. The Bertz CT molecular complexity index is 572. The van der Waals surface area contributed by atoms with Gasteiger partial charge in [-0.1, -0.05) is 6.92 Å². The third-order valence-corrected chi connectivity index (χ3v) is 3.35. The quantitative estimate of drug-likeness (QED) is 0.625. The molecule has 0 fully saturated rings. The third kappa shape index (κ3) is 3.67. The summed E-state index contributed by atoms with van der Waals surface area (Å²) in [5.41, 5.74) is 2.54. The van der Waals surface area contributed by atoms with Crippen molar-refractivity contribution in [3.05, 3.63) is 44.9 Å². The summed E-state index contributed by atoms with van der Waals surface area (Å²) in [5, 5.41) is 14.1. The second-order valence-corrected chi connectivity index (χ2v) is 5.08. The van der Waals surface area contributed by atoms with Crippen LogP contribution in [-0.4, -0.2) is 16.5 Å². The van der Waals surface area contributed by atoms with E-state index in [1.807, 2.05) is 6.92 Å². The van der Waals surface area contributed by atoms with Crippen molar-refractivity contribution in [3.63, 3.8) is 0 Å². The second kappa shape index (κ2) is 6.85. The van der Waals surface area contributed by atoms with Crippen molar-refractivity contribution in [1.82, 2.24) is 4.98 Å². The van der Waals surface area contributed by atoms with Gasteiger partial charge in [0.05, 0.1) is 23.6 Å². The molecular weight excluding hydrogens is 278 g/mol. The van der Waals surface area contributed by atoms with Gasteiger partial charge in [0.25, 0.3) is 0 Å². The highest BCUT2D eigenvalue weighted by molar-refractivity contribution is 7.09. The molecule has 1 heterocycles. The minimum absolute atomic E-state index is 0.0122. The van der Waals surface area contributed by atoms with E-state index in [0.717, 1.165) is 17.0 Å². The first-order valence-electron chi connectivity index (χ1n) is 6.23. The Kier molecular flexibility index (Phi) is 4.89. The van der Waals surface area contributed by atoms with E-state index in [9.17, 15) is 10.1 Å². The summed E-state index contributed by atoms with van der Waals surface area (Å²) in [6, 6.07) is 4.80. The number of anilines is 1. The van der Waals surface area contributed by atoms with Gasteiger partial charge in [0.15, 0.2) is 5.75 Å². The maximum atomic E-state index is 10.9. The van der Waals surface area contributed by atoms with Gasteiger partial charge < -0.3 is 10.1 Å². The molecule has 0 aliphatic rings. The molecule has 1 aromatic heterocycles. The van der Waals surface area contributed by atoms with Gasteiger partial charge in [-0.25, -0.2) is 0 Å². The van der Waals surface area contributed by atoms with Crippen LogP contribution in [0, 0.1) is 10.1 Å². The van der Waals surface area contributed by atoms with Gasteiger partial charge in [-0.15, -0.1) is 11.3 Å². The lowest BCUT2D eigenvalue weighted by atomic mass is 10.2. The van der Waals surface area contributed by atoms with E-state index in [1.165, 1.54) is 6.07 Å². The van der Waals surface area contributed by atoms with Crippen molar-refractivity contribution >= 4 is 22.7 Å². The highest BCUT2D eigenvalue weighted by Gasteiger charge is 2.15. The van der Waals surface area contributed by atoms with Crippen molar-refractivity contribution in [2.24, 2.45) is 0 Å². The number of rotatable bonds is 7. The van der Waals surface area contributed by atoms with Crippen molar-refractivity contribution in [3.8, 4) is 5.75 Å². The summed E-state index contributed by atoms with van der Waals surface area (Å²) in [6.45, 7) is 3.05. The minimum Gasteiger partial charge on any atom is -0.487 e. The molecule has 0 spiro atoms. The fourth-order valence-electron chi connectivity index (χ4n) is 1.62. The van der Waals surface area contributed by atoms with Crippen LogP contribution < -0.4 is 10.1 Å². The zero-order chi connectivity index (χ0) is 14.4. The Balaban J connectivity index is 2.11. The predicted octanol–water partition coefficient (Wildman–Crippen LogP) is 3.45. The van der Waals surface area contributed by atoms with Crippen LogP contribution in [0.1, 0.15) is 18.2 Å². The van der Waals surface area contributed by atoms with Gasteiger partial charge >= 0.3 is 5.69 Å². The Morgan fingerprint density at radius 2 is 2.35 bits per heavy atom. The maximum absolute atomic E-state index is 10.9. The zero-order valence-corrected chi connectivity index (χ0v) is 11.9. The van der Waals surface area contributed by atoms with Crippen molar-refractivity contribution < 1.29 is 9.66 Å². The summed E-state index contributed by atoms with van der Waals surface area (Å²) in [6.07, 6.45) is 2.59. The molecule has 0 aliphatic carbocycles. The van der Waals surface area contributed by atoms with Crippen molar-refractivity contribution in [2.45, 2.75) is 19.9 Å². The molecule has 2 rings (SSSR count). The van der Waals surface area contributed by atoms with E-state index in [4.69, 9.17) is 4.74 Å². The number of hydrogen-bond donors (Lipinski definition) is 1. The standard InChI is InChI=1S/C13H15N3O3S/c1-2-5-19-13-6-10(3-4-12(13)16(17)18)15-8-11-7-14-9-20-11/h3-4,6-7,9,15H,2,5,8H2,1H3. The Morgan fingerprint density at radius 1 is 1.50 bits per heavy atom. The van der Waals surface area contributed by atoms with Crippen LogP contribution in [-0.2, 0) is 6.54 Å². The maximum Gasteiger partial charge on any atom is 0.311 e. The van der Waals surface area contributed by atoms with Crippen LogP contribution in [0.3, 0.4) is 0 Å². The van der Waals surface area contributed by atoms with Crippen LogP contribution in [0.5, 0.6) is 5.75 Å². The SMILES string of the molecule is CCCOc1cc(NCc2cncs2)ccc1[N+](=O)[O-]. The molecule has 0 aliphatic heterocycles. The molecule has 7 heteroatoms. The second-order valence-electron chi connectivity index (χ2n) is 4.11. The monoisotopic (exact) mass is 293 g/mol. The lowest BCUT2D eigenvalue weighted by Crippen LogP contribution is -2.02. The molecule has 6 nitrogen and oxygen atoms in total. The van der Waals surface area contributed by atoms with Crippen molar-refractivity contribution in [2.75, 3.05) is 11.9 Å². The molecule has 0 unspecified atom stereocenters. The Morgan fingerprint density at radius 3 is 3.00 bits per heavy atom.